The molecule has 0 fully saturated rings. The fourth-order valence-corrected chi connectivity index (χ4v) is 5.37. The summed E-state index contributed by atoms with van der Waals surface area (Å²) in [5.74, 6) is -0.784. The van der Waals surface area contributed by atoms with Gasteiger partial charge in [-0.25, -0.2) is 0 Å². The average molecular weight is 615 g/mol. The van der Waals surface area contributed by atoms with E-state index in [0.29, 0.717) is 6.42 Å². The maximum absolute atomic E-state index is 12.6. The minimum atomic E-state index is -0.708. The van der Waals surface area contributed by atoms with Crippen molar-refractivity contribution in [2.75, 3.05) is 0 Å². The molecular formula is C40H70O4. The quantitative estimate of drug-likeness (QED) is 0.0454. The predicted octanol–water partition coefficient (Wildman–Crippen LogP) is 12.8. The van der Waals surface area contributed by atoms with Crippen LogP contribution in [0.5, 0.6) is 0 Å². The molecule has 4 heteroatoms. The average Bonchev–Trinajstić information content (AvgIpc) is 3.00. The SMILES string of the molecule is CC/C=C\C/C=C\C/C=C\C/C=C\CCC(=O)OC(CCCCCCCCCCCCCCC)CCCCCCCC(=O)O. The molecule has 4 nitrogen and oxygen atoms in total. The molecule has 0 aliphatic heterocycles. The van der Waals surface area contributed by atoms with Crippen LogP contribution in [0.2, 0.25) is 0 Å². The number of esters is 1. The Bertz CT molecular complexity index is 748. The van der Waals surface area contributed by atoms with Gasteiger partial charge in [-0.05, 0) is 64.2 Å². The van der Waals surface area contributed by atoms with Crippen molar-refractivity contribution in [3.05, 3.63) is 48.6 Å². The van der Waals surface area contributed by atoms with Crippen LogP contribution >= 0.6 is 0 Å². The van der Waals surface area contributed by atoms with Crippen LogP contribution < -0.4 is 0 Å². The normalized spacial score (nSPS) is 12.8. The van der Waals surface area contributed by atoms with Crippen molar-refractivity contribution < 1.29 is 19.4 Å². The van der Waals surface area contributed by atoms with E-state index < -0.39 is 5.97 Å². The van der Waals surface area contributed by atoms with Crippen LogP contribution in [0.3, 0.4) is 0 Å². The molecule has 0 saturated heterocycles. The highest BCUT2D eigenvalue weighted by Crippen LogP contribution is 2.18. The molecule has 0 saturated carbocycles. The highest BCUT2D eigenvalue weighted by molar-refractivity contribution is 5.69. The highest BCUT2D eigenvalue weighted by atomic mass is 16.5. The number of carboxylic acids is 1. The third-order valence-electron chi connectivity index (χ3n) is 8.08. The summed E-state index contributed by atoms with van der Waals surface area (Å²) in [6.45, 7) is 4.43. The summed E-state index contributed by atoms with van der Waals surface area (Å²) in [7, 11) is 0. The molecule has 0 amide bonds. The van der Waals surface area contributed by atoms with E-state index in [2.05, 4.69) is 62.5 Å². The van der Waals surface area contributed by atoms with E-state index >= 15 is 0 Å². The summed E-state index contributed by atoms with van der Waals surface area (Å²) in [5.41, 5.74) is 0. The van der Waals surface area contributed by atoms with Gasteiger partial charge in [0.2, 0.25) is 0 Å². The van der Waals surface area contributed by atoms with Gasteiger partial charge in [0.25, 0.3) is 0 Å². The lowest BCUT2D eigenvalue weighted by Gasteiger charge is -2.18. The Morgan fingerprint density at radius 1 is 0.523 bits per heavy atom. The smallest absolute Gasteiger partial charge is 0.306 e. The first-order chi connectivity index (χ1) is 21.6. The summed E-state index contributed by atoms with van der Waals surface area (Å²) in [6.07, 6.45) is 47.0. The summed E-state index contributed by atoms with van der Waals surface area (Å²) in [4.78, 5) is 23.3. The Morgan fingerprint density at radius 3 is 1.39 bits per heavy atom. The molecule has 44 heavy (non-hydrogen) atoms. The van der Waals surface area contributed by atoms with Gasteiger partial charge < -0.3 is 9.84 Å². The van der Waals surface area contributed by atoms with Crippen LogP contribution in [-0.4, -0.2) is 23.1 Å². The van der Waals surface area contributed by atoms with Gasteiger partial charge in [0, 0.05) is 12.8 Å². The zero-order chi connectivity index (χ0) is 32.2. The van der Waals surface area contributed by atoms with Crippen LogP contribution in [-0.2, 0) is 14.3 Å². The molecule has 0 aliphatic rings. The Morgan fingerprint density at radius 2 is 0.932 bits per heavy atom. The first kappa shape index (κ1) is 41.9. The maximum Gasteiger partial charge on any atom is 0.306 e. The Balaban J connectivity index is 4.18. The zero-order valence-electron chi connectivity index (χ0n) is 29.0. The van der Waals surface area contributed by atoms with Gasteiger partial charge in [-0.2, -0.15) is 0 Å². The number of ether oxygens (including phenoxy) is 1. The first-order valence-electron chi connectivity index (χ1n) is 18.6. The van der Waals surface area contributed by atoms with Gasteiger partial charge >= 0.3 is 11.9 Å². The number of carbonyl (C=O) groups is 2. The molecule has 0 bridgehead atoms. The second-order valence-electron chi connectivity index (χ2n) is 12.4. The molecule has 0 aromatic rings. The molecular weight excluding hydrogens is 544 g/mol. The lowest BCUT2D eigenvalue weighted by molar-refractivity contribution is -0.149. The first-order valence-corrected chi connectivity index (χ1v) is 18.6. The molecule has 0 aromatic carbocycles. The van der Waals surface area contributed by atoms with E-state index in [9.17, 15) is 9.59 Å². The van der Waals surface area contributed by atoms with Gasteiger partial charge in [-0.1, -0.05) is 159 Å². The number of allylic oxidation sites excluding steroid dienone is 8. The van der Waals surface area contributed by atoms with Crippen LogP contribution in [0.15, 0.2) is 48.6 Å². The standard InChI is InChI=1S/C40H70O4/c1-3-5-7-9-11-13-15-17-19-21-23-26-30-34-38(35-31-27-25-28-32-36-39(41)42)44-40(43)37-33-29-24-22-20-18-16-14-12-10-8-6-4-2/h6,8,12,14,18,20,24,29,38H,3-5,7,9-11,13,15-17,19,21-23,25-28,30-37H2,1-2H3,(H,41,42)/b8-6-,14-12-,20-18-,29-24-. The van der Waals surface area contributed by atoms with Crippen molar-refractivity contribution in [2.45, 2.75) is 193 Å². The van der Waals surface area contributed by atoms with Crippen molar-refractivity contribution in [1.82, 2.24) is 0 Å². The Hall–Kier alpha value is -2.10. The highest BCUT2D eigenvalue weighted by Gasteiger charge is 2.14. The second kappa shape index (κ2) is 35.4. The van der Waals surface area contributed by atoms with Crippen molar-refractivity contribution in [3.63, 3.8) is 0 Å². The van der Waals surface area contributed by atoms with E-state index in [0.717, 1.165) is 83.5 Å². The minimum Gasteiger partial charge on any atom is -0.481 e. The molecule has 0 radical (unpaired) electrons. The summed E-state index contributed by atoms with van der Waals surface area (Å²) < 4.78 is 5.95. The molecule has 1 unspecified atom stereocenters. The third kappa shape index (κ3) is 34.4. The lowest BCUT2D eigenvalue weighted by atomic mass is 10.0. The molecule has 1 N–H and O–H groups in total. The minimum absolute atomic E-state index is 0.0201. The van der Waals surface area contributed by atoms with Crippen molar-refractivity contribution in [3.8, 4) is 0 Å². The predicted molar refractivity (Wildman–Crippen MR) is 190 cm³/mol. The topological polar surface area (TPSA) is 63.6 Å². The van der Waals surface area contributed by atoms with Crippen molar-refractivity contribution in [1.29, 1.82) is 0 Å². The summed E-state index contributed by atoms with van der Waals surface area (Å²) in [5, 5.41) is 8.80. The number of carboxylic acid groups (broad SMARTS) is 1. The van der Waals surface area contributed by atoms with Gasteiger partial charge in [-0.3, -0.25) is 9.59 Å². The fourth-order valence-electron chi connectivity index (χ4n) is 5.37. The maximum atomic E-state index is 12.6. The number of carbonyl (C=O) groups excluding carboxylic acids is 1. The third-order valence-corrected chi connectivity index (χ3v) is 8.08. The van der Waals surface area contributed by atoms with Crippen LogP contribution in [0.4, 0.5) is 0 Å². The van der Waals surface area contributed by atoms with Gasteiger partial charge in [0.05, 0.1) is 0 Å². The molecule has 0 rings (SSSR count). The van der Waals surface area contributed by atoms with Gasteiger partial charge in [0.1, 0.15) is 6.10 Å². The molecule has 0 heterocycles. The number of unbranched alkanes of at least 4 members (excludes halogenated alkanes) is 16. The number of rotatable bonds is 33. The van der Waals surface area contributed by atoms with Crippen LogP contribution in [0, 0.1) is 0 Å². The fraction of sp³-hybridized carbons (Fsp3) is 0.750. The summed E-state index contributed by atoms with van der Waals surface area (Å²) in [6, 6.07) is 0. The number of aliphatic carboxylic acids is 1. The summed E-state index contributed by atoms with van der Waals surface area (Å²) >= 11 is 0. The molecule has 0 spiro atoms. The van der Waals surface area contributed by atoms with Crippen molar-refractivity contribution in [2.24, 2.45) is 0 Å². The molecule has 0 aliphatic carbocycles. The second-order valence-corrected chi connectivity index (χ2v) is 12.4. The Kier molecular flexibility index (Phi) is 33.7. The van der Waals surface area contributed by atoms with E-state index in [1.165, 1.54) is 77.0 Å². The molecule has 0 aromatic heterocycles. The number of hydrogen-bond donors (Lipinski definition) is 1. The van der Waals surface area contributed by atoms with Crippen molar-refractivity contribution >= 4 is 11.9 Å². The lowest BCUT2D eigenvalue weighted by Crippen LogP contribution is -2.18. The van der Waals surface area contributed by atoms with E-state index in [4.69, 9.17) is 9.84 Å². The van der Waals surface area contributed by atoms with Crippen LogP contribution in [0.1, 0.15) is 187 Å². The molecule has 254 valence electrons. The monoisotopic (exact) mass is 615 g/mol. The largest absolute Gasteiger partial charge is 0.481 e. The zero-order valence-corrected chi connectivity index (χ0v) is 29.0. The van der Waals surface area contributed by atoms with Gasteiger partial charge in [-0.15, -0.1) is 0 Å². The van der Waals surface area contributed by atoms with E-state index in [1.807, 2.05) is 0 Å². The van der Waals surface area contributed by atoms with Crippen LogP contribution in [0.25, 0.3) is 0 Å². The Labute approximate surface area is 272 Å². The van der Waals surface area contributed by atoms with E-state index in [1.54, 1.807) is 0 Å². The number of hydrogen-bond acceptors (Lipinski definition) is 3. The molecule has 1 atom stereocenters. The van der Waals surface area contributed by atoms with E-state index in [-0.39, 0.29) is 18.5 Å². The van der Waals surface area contributed by atoms with Gasteiger partial charge in [0.15, 0.2) is 0 Å².